The Morgan fingerprint density at radius 3 is 2.64 bits per heavy atom. The topological polar surface area (TPSA) is 35.2 Å². The lowest BCUT2D eigenvalue weighted by atomic mass is 10.1. The van der Waals surface area contributed by atoms with Crippen molar-refractivity contribution in [3.8, 4) is 5.75 Å². The fraction of sp³-hybridized carbons (Fsp3) is 0.400. The van der Waals surface area contributed by atoms with Crippen molar-refractivity contribution in [3.05, 3.63) is 29.3 Å². The summed E-state index contributed by atoms with van der Waals surface area (Å²) in [6.45, 7) is 1.68. The predicted molar refractivity (Wildman–Crippen MR) is 50.6 cm³/mol. The number of aryl methyl sites for hydroxylation is 1. The van der Waals surface area contributed by atoms with Gasteiger partial charge in [-0.05, 0) is 30.2 Å². The number of alkyl halides is 2. The van der Waals surface area contributed by atoms with Gasteiger partial charge in [0.2, 0.25) is 0 Å². The zero-order chi connectivity index (χ0) is 10.6. The van der Waals surface area contributed by atoms with Crippen LogP contribution in [0.4, 0.5) is 8.78 Å². The number of rotatable bonds is 4. The van der Waals surface area contributed by atoms with Crippen LogP contribution in [0, 0.1) is 6.92 Å². The number of nitrogens with two attached hydrogens (primary N) is 1. The fourth-order valence-electron chi connectivity index (χ4n) is 1.18. The Kier molecular flexibility index (Phi) is 3.83. The fourth-order valence-corrected chi connectivity index (χ4v) is 1.18. The molecule has 1 aromatic rings. The first-order valence-corrected chi connectivity index (χ1v) is 4.33. The maximum absolute atomic E-state index is 11.9. The van der Waals surface area contributed by atoms with Gasteiger partial charge in [0.25, 0.3) is 6.43 Å². The number of ether oxygens (including phenoxy) is 1. The minimum absolute atomic E-state index is 0.382. The molecule has 14 heavy (non-hydrogen) atoms. The second-order valence-electron chi connectivity index (χ2n) is 3.06. The summed E-state index contributed by atoms with van der Waals surface area (Å²) in [5, 5.41) is 0. The van der Waals surface area contributed by atoms with Crippen molar-refractivity contribution in [2.24, 2.45) is 5.73 Å². The first-order chi connectivity index (χ1) is 6.61. The molecule has 0 aliphatic carbocycles. The predicted octanol–water partition coefficient (Wildman–Crippen LogP) is 2.10. The zero-order valence-corrected chi connectivity index (χ0v) is 7.97. The molecule has 0 saturated carbocycles. The Morgan fingerprint density at radius 1 is 1.36 bits per heavy atom. The SMILES string of the molecule is Cc1cc(CN)cc(OCC(F)F)c1. The van der Waals surface area contributed by atoms with E-state index in [2.05, 4.69) is 0 Å². The quantitative estimate of drug-likeness (QED) is 0.809. The maximum atomic E-state index is 11.9. The Bertz CT molecular complexity index is 302. The Labute approximate surface area is 81.7 Å². The third-order valence-corrected chi connectivity index (χ3v) is 1.72. The molecule has 0 bridgehead atoms. The van der Waals surface area contributed by atoms with E-state index in [-0.39, 0.29) is 0 Å². The van der Waals surface area contributed by atoms with Crippen LogP contribution in [-0.4, -0.2) is 13.0 Å². The molecule has 0 fully saturated rings. The highest BCUT2D eigenvalue weighted by atomic mass is 19.3. The summed E-state index contributed by atoms with van der Waals surface area (Å²) in [4.78, 5) is 0. The van der Waals surface area contributed by atoms with Crippen LogP contribution >= 0.6 is 0 Å². The van der Waals surface area contributed by atoms with Gasteiger partial charge in [0.1, 0.15) is 12.4 Å². The summed E-state index contributed by atoms with van der Waals surface area (Å²) in [7, 11) is 0. The number of hydrogen-bond acceptors (Lipinski definition) is 2. The van der Waals surface area contributed by atoms with Gasteiger partial charge in [0.05, 0.1) is 0 Å². The van der Waals surface area contributed by atoms with Gasteiger partial charge in [-0.15, -0.1) is 0 Å². The van der Waals surface area contributed by atoms with Crippen molar-refractivity contribution in [1.82, 2.24) is 0 Å². The van der Waals surface area contributed by atoms with Crippen LogP contribution in [0.3, 0.4) is 0 Å². The lowest BCUT2D eigenvalue weighted by Crippen LogP contribution is -2.07. The van der Waals surface area contributed by atoms with E-state index in [1.807, 2.05) is 13.0 Å². The lowest BCUT2D eigenvalue weighted by molar-refractivity contribution is 0.0818. The second kappa shape index (κ2) is 4.91. The van der Waals surface area contributed by atoms with Gasteiger partial charge >= 0.3 is 0 Å². The van der Waals surface area contributed by atoms with E-state index in [1.165, 1.54) is 0 Å². The third-order valence-electron chi connectivity index (χ3n) is 1.72. The van der Waals surface area contributed by atoms with Crippen LogP contribution in [0.15, 0.2) is 18.2 Å². The molecule has 0 spiro atoms. The van der Waals surface area contributed by atoms with Crippen LogP contribution in [0.1, 0.15) is 11.1 Å². The van der Waals surface area contributed by atoms with Crippen LogP contribution in [0.25, 0.3) is 0 Å². The van der Waals surface area contributed by atoms with Gasteiger partial charge in [0, 0.05) is 6.54 Å². The smallest absolute Gasteiger partial charge is 0.272 e. The molecule has 0 radical (unpaired) electrons. The molecular weight excluding hydrogens is 188 g/mol. The average Bonchev–Trinajstić information content (AvgIpc) is 2.14. The molecule has 2 nitrogen and oxygen atoms in total. The lowest BCUT2D eigenvalue weighted by Gasteiger charge is -2.08. The summed E-state index contributed by atoms with van der Waals surface area (Å²) >= 11 is 0. The molecule has 0 aromatic heterocycles. The third kappa shape index (κ3) is 3.30. The van der Waals surface area contributed by atoms with E-state index >= 15 is 0 Å². The Hall–Kier alpha value is -1.16. The van der Waals surface area contributed by atoms with E-state index in [0.717, 1.165) is 11.1 Å². The van der Waals surface area contributed by atoms with Gasteiger partial charge in [-0.25, -0.2) is 8.78 Å². The van der Waals surface area contributed by atoms with E-state index in [1.54, 1.807) is 12.1 Å². The molecule has 0 aliphatic heterocycles. The number of benzene rings is 1. The van der Waals surface area contributed by atoms with Crippen LogP contribution in [0.5, 0.6) is 5.75 Å². The van der Waals surface area contributed by atoms with Crippen molar-refractivity contribution < 1.29 is 13.5 Å². The van der Waals surface area contributed by atoms with Gasteiger partial charge in [-0.3, -0.25) is 0 Å². The summed E-state index contributed by atoms with van der Waals surface area (Å²) in [5.74, 6) is 0.450. The Balaban J connectivity index is 2.71. The van der Waals surface area contributed by atoms with Gasteiger partial charge in [-0.2, -0.15) is 0 Å². The van der Waals surface area contributed by atoms with Crippen molar-refractivity contribution in [2.75, 3.05) is 6.61 Å². The number of halogens is 2. The summed E-state index contributed by atoms with van der Waals surface area (Å²) < 4.78 is 28.6. The highest BCUT2D eigenvalue weighted by Gasteiger charge is 2.04. The van der Waals surface area contributed by atoms with Gasteiger partial charge in [0.15, 0.2) is 0 Å². The molecule has 2 N–H and O–H groups in total. The van der Waals surface area contributed by atoms with Gasteiger partial charge < -0.3 is 10.5 Å². The first kappa shape index (κ1) is 10.9. The molecule has 0 saturated heterocycles. The molecule has 1 rings (SSSR count). The normalized spacial score (nSPS) is 10.6. The summed E-state index contributed by atoms with van der Waals surface area (Å²) in [6, 6.07) is 5.28. The molecule has 4 heteroatoms. The summed E-state index contributed by atoms with van der Waals surface area (Å²) in [5.41, 5.74) is 7.28. The van der Waals surface area contributed by atoms with E-state index in [9.17, 15) is 8.78 Å². The highest BCUT2D eigenvalue weighted by molar-refractivity contribution is 5.33. The van der Waals surface area contributed by atoms with Crippen molar-refractivity contribution in [2.45, 2.75) is 19.9 Å². The van der Waals surface area contributed by atoms with Crippen LogP contribution < -0.4 is 10.5 Å². The zero-order valence-electron chi connectivity index (χ0n) is 7.97. The number of hydrogen-bond donors (Lipinski definition) is 1. The van der Waals surface area contributed by atoms with E-state index in [0.29, 0.717) is 12.3 Å². The van der Waals surface area contributed by atoms with Gasteiger partial charge in [-0.1, -0.05) is 6.07 Å². The maximum Gasteiger partial charge on any atom is 0.272 e. The molecule has 0 amide bonds. The largest absolute Gasteiger partial charge is 0.488 e. The van der Waals surface area contributed by atoms with Crippen molar-refractivity contribution >= 4 is 0 Å². The highest BCUT2D eigenvalue weighted by Crippen LogP contribution is 2.17. The molecule has 0 unspecified atom stereocenters. The van der Waals surface area contributed by atoms with Crippen molar-refractivity contribution in [3.63, 3.8) is 0 Å². The average molecular weight is 201 g/mol. The molecule has 1 aromatic carbocycles. The molecular formula is C10H13F2NO. The standard InChI is InChI=1S/C10H13F2NO/c1-7-2-8(5-13)4-9(3-7)14-6-10(11)12/h2-4,10H,5-6,13H2,1H3. The van der Waals surface area contributed by atoms with Crippen LogP contribution in [0.2, 0.25) is 0 Å². The summed E-state index contributed by atoms with van der Waals surface area (Å²) in [6.07, 6.45) is -2.45. The van der Waals surface area contributed by atoms with E-state index < -0.39 is 13.0 Å². The Morgan fingerprint density at radius 2 is 2.07 bits per heavy atom. The second-order valence-corrected chi connectivity index (χ2v) is 3.06. The molecule has 0 aliphatic rings. The molecule has 78 valence electrons. The molecule has 0 atom stereocenters. The van der Waals surface area contributed by atoms with Crippen molar-refractivity contribution in [1.29, 1.82) is 0 Å². The molecule has 0 heterocycles. The monoisotopic (exact) mass is 201 g/mol. The minimum Gasteiger partial charge on any atom is -0.488 e. The van der Waals surface area contributed by atoms with Crippen LogP contribution in [-0.2, 0) is 6.54 Å². The first-order valence-electron chi connectivity index (χ1n) is 4.33. The minimum atomic E-state index is -2.45. The van der Waals surface area contributed by atoms with E-state index in [4.69, 9.17) is 10.5 Å².